The molecule has 1 heterocycles. The fourth-order valence-corrected chi connectivity index (χ4v) is 2.03. The summed E-state index contributed by atoms with van der Waals surface area (Å²) in [6, 6.07) is 1.64. The number of carbonyl (C=O) groups is 1. The Morgan fingerprint density at radius 2 is 2.44 bits per heavy atom. The van der Waals surface area contributed by atoms with Crippen LogP contribution in [-0.4, -0.2) is 34.0 Å². The number of rotatable bonds is 5. The summed E-state index contributed by atoms with van der Waals surface area (Å²) in [7, 11) is 0. The van der Waals surface area contributed by atoms with Gasteiger partial charge in [0.1, 0.15) is 5.75 Å². The molecule has 1 atom stereocenters. The van der Waals surface area contributed by atoms with Crippen molar-refractivity contribution in [2.45, 2.75) is 19.4 Å². The van der Waals surface area contributed by atoms with Crippen molar-refractivity contribution in [3.63, 3.8) is 0 Å². The molecule has 0 aliphatic carbocycles. The van der Waals surface area contributed by atoms with Gasteiger partial charge >= 0.3 is 0 Å². The number of thioether (sulfide) groups is 1. The van der Waals surface area contributed by atoms with Gasteiger partial charge in [-0.25, -0.2) is 0 Å². The summed E-state index contributed by atoms with van der Waals surface area (Å²) in [4.78, 5) is 15.5. The quantitative estimate of drug-likeness (QED) is 0.821. The zero-order valence-corrected chi connectivity index (χ0v) is 10.3. The van der Waals surface area contributed by atoms with Crippen LogP contribution in [0.2, 0.25) is 0 Å². The van der Waals surface area contributed by atoms with Gasteiger partial charge in [0.25, 0.3) is 5.91 Å². The zero-order chi connectivity index (χ0) is 12.0. The van der Waals surface area contributed by atoms with Crippen LogP contribution in [0.5, 0.6) is 5.75 Å². The first-order valence-corrected chi connectivity index (χ1v) is 6.51. The fourth-order valence-electron chi connectivity index (χ4n) is 1.30. The van der Waals surface area contributed by atoms with Crippen molar-refractivity contribution in [3.8, 4) is 5.75 Å². The topological polar surface area (TPSA) is 62.2 Å². The van der Waals surface area contributed by atoms with E-state index in [2.05, 4.69) is 10.3 Å². The largest absolute Gasteiger partial charge is 0.505 e. The molecule has 0 saturated heterocycles. The zero-order valence-electron chi connectivity index (χ0n) is 9.43. The van der Waals surface area contributed by atoms with Crippen molar-refractivity contribution in [1.82, 2.24) is 10.3 Å². The second kappa shape index (κ2) is 6.37. The first-order valence-electron chi connectivity index (χ1n) is 5.11. The maximum absolute atomic E-state index is 11.8. The van der Waals surface area contributed by atoms with Gasteiger partial charge in [0.2, 0.25) is 0 Å². The highest BCUT2D eigenvalue weighted by atomic mass is 32.2. The third-order valence-corrected chi connectivity index (χ3v) is 2.98. The summed E-state index contributed by atoms with van der Waals surface area (Å²) in [5.41, 5.74) is 0.273. The van der Waals surface area contributed by atoms with Gasteiger partial charge in [-0.2, -0.15) is 11.8 Å². The van der Waals surface area contributed by atoms with Crippen molar-refractivity contribution in [2.75, 3.05) is 12.0 Å². The predicted molar refractivity (Wildman–Crippen MR) is 65.8 cm³/mol. The predicted octanol–water partition coefficient (Wildman–Crippen LogP) is 1.66. The van der Waals surface area contributed by atoms with E-state index in [0.29, 0.717) is 0 Å². The summed E-state index contributed by atoms with van der Waals surface area (Å²) in [5.74, 6) is 0.536. The molecular weight excluding hydrogens is 224 g/mol. The number of hydrogen-bond donors (Lipinski definition) is 2. The number of nitrogens with zero attached hydrogens (tertiary/aromatic N) is 1. The molecule has 0 aliphatic heterocycles. The fraction of sp³-hybridized carbons (Fsp3) is 0.455. The molecule has 0 bridgehead atoms. The number of aromatic hydroxyl groups is 1. The lowest BCUT2D eigenvalue weighted by atomic mass is 10.2. The molecule has 1 amide bonds. The minimum absolute atomic E-state index is 0.0843. The average molecular weight is 240 g/mol. The highest BCUT2D eigenvalue weighted by Crippen LogP contribution is 2.14. The van der Waals surface area contributed by atoms with Gasteiger partial charge in [-0.05, 0) is 18.7 Å². The first-order chi connectivity index (χ1) is 7.69. The molecule has 1 aromatic rings. The second-order valence-corrected chi connectivity index (χ2v) is 4.34. The van der Waals surface area contributed by atoms with Gasteiger partial charge in [-0.15, -0.1) is 0 Å². The number of nitrogens with one attached hydrogen (secondary N) is 1. The molecule has 5 heteroatoms. The Hall–Kier alpha value is -1.23. The van der Waals surface area contributed by atoms with Crippen LogP contribution < -0.4 is 5.32 Å². The van der Waals surface area contributed by atoms with Gasteiger partial charge < -0.3 is 10.4 Å². The van der Waals surface area contributed by atoms with E-state index in [-0.39, 0.29) is 23.3 Å². The Kier molecular flexibility index (Phi) is 5.11. The van der Waals surface area contributed by atoms with E-state index in [1.807, 2.05) is 13.2 Å². The molecule has 0 fully saturated rings. The van der Waals surface area contributed by atoms with E-state index in [0.717, 1.165) is 12.2 Å². The van der Waals surface area contributed by atoms with Gasteiger partial charge in [0.15, 0.2) is 0 Å². The molecule has 1 unspecified atom stereocenters. The summed E-state index contributed by atoms with van der Waals surface area (Å²) in [5, 5.41) is 12.3. The normalized spacial score (nSPS) is 12.1. The Bertz CT molecular complexity index is 358. The molecular formula is C11H16N2O2S. The van der Waals surface area contributed by atoms with Crippen LogP contribution in [0.25, 0.3) is 0 Å². The third-order valence-electron chi connectivity index (χ3n) is 2.24. The van der Waals surface area contributed by atoms with Crippen molar-refractivity contribution < 1.29 is 9.90 Å². The van der Waals surface area contributed by atoms with Crippen molar-refractivity contribution >= 4 is 17.7 Å². The highest BCUT2D eigenvalue weighted by molar-refractivity contribution is 7.98. The number of pyridine rings is 1. The SMILES string of the molecule is CCC(CSC)NC(=O)c1ccncc1O. The number of hydrogen-bond acceptors (Lipinski definition) is 4. The molecule has 0 aliphatic rings. The molecule has 16 heavy (non-hydrogen) atoms. The summed E-state index contributed by atoms with van der Waals surface area (Å²) < 4.78 is 0. The van der Waals surface area contributed by atoms with Gasteiger partial charge in [-0.3, -0.25) is 9.78 Å². The summed E-state index contributed by atoms with van der Waals surface area (Å²) in [6.45, 7) is 2.02. The van der Waals surface area contributed by atoms with E-state index < -0.39 is 0 Å². The lowest BCUT2D eigenvalue weighted by molar-refractivity contribution is 0.0937. The van der Waals surface area contributed by atoms with Gasteiger partial charge in [0, 0.05) is 18.0 Å². The van der Waals surface area contributed by atoms with Crippen molar-refractivity contribution in [3.05, 3.63) is 24.0 Å². The van der Waals surface area contributed by atoms with E-state index in [9.17, 15) is 9.90 Å². The smallest absolute Gasteiger partial charge is 0.255 e. The van der Waals surface area contributed by atoms with E-state index in [4.69, 9.17) is 0 Å². The van der Waals surface area contributed by atoms with Crippen LogP contribution >= 0.6 is 11.8 Å². The summed E-state index contributed by atoms with van der Waals surface area (Å²) >= 11 is 1.69. The van der Waals surface area contributed by atoms with Crippen LogP contribution in [0.15, 0.2) is 18.5 Å². The first kappa shape index (κ1) is 12.8. The van der Waals surface area contributed by atoms with Crippen LogP contribution in [0.1, 0.15) is 23.7 Å². The molecule has 4 nitrogen and oxygen atoms in total. The van der Waals surface area contributed by atoms with E-state index in [1.54, 1.807) is 11.8 Å². The monoisotopic (exact) mass is 240 g/mol. The molecule has 0 aromatic carbocycles. The molecule has 1 aromatic heterocycles. The average Bonchev–Trinajstić information content (AvgIpc) is 2.28. The van der Waals surface area contributed by atoms with E-state index in [1.165, 1.54) is 18.5 Å². The number of carbonyl (C=O) groups excluding carboxylic acids is 1. The van der Waals surface area contributed by atoms with Crippen molar-refractivity contribution in [1.29, 1.82) is 0 Å². The Balaban J connectivity index is 2.68. The number of amides is 1. The molecule has 1 rings (SSSR count). The van der Waals surface area contributed by atoms with Gasteiger partial charge in [-0.1, -0.05) is 6.92 Å². The molecule has 88 valence electrons. The van der Waals surface area contributed by atoms with Crippen LogP contribution in [-0.2, 0) is 0 Å². The maximum Gasteiger partial charge on any atom is 0.255 e. The third kappa shape index (κ3) is 3.41. The summed E-state index contributed by atoms with van der Waals surface area (Å²) in [6.07, 6.45) is 5.63. The van der Waals surface area contributed by atoms with Crippen molar-refractivity contribution in [2.24, 2.45) is 0 Å². The van der Waals surface area contributed by atoms with Crippen LogP contribution in [0.4, 0.5) is 0 Å². The number of aromatic nitrogens is 1. The van der Waals surface area contributed by atoms with Crippen LogP contribution in [0.3, 0.4) is 0 Å². The molecule has 2 N–H and O–H groups in total. The standard InChI is InChI=1S/C11H16N2O2S/c1-3-8(7-16-2)13-11(15)9-4-5-12-6-10(9)14/h4-6,8,14H,3,7H2,1-2H3,(H,13,15). The van der Waals surface area contributed by atoms with Crippen LogP contribution in [0, 0.1) is 0 Å². The Morgan fingerprint density at radius 3 is 3.00 bits per heavy atom. The minimum atomic E-state index is -0.249. The lowest BCUT2D eigenvalue weighted by Gasteiger charge is -2.15. The second-order valence-electron chi connectivity index (χ2n) is 3.43. The molecule has 0 radical (unpaired) electrons. The molecule has 0 spiro atoms. The molecule has 0 saturated carbocycles. The Morgan fingerprint density at radius 1 is 1.69 bits per heavy atom. The highest BCUT2D eigenvalue weighted by Gasteiger charge is 2.14. The minimum Gasteiger partial charge on any atom is -0.505 e. The van der Waals surface area contributed by atoms with Gasteiger partial charge in [0.05, 0.1) is 11.8 Å². The Labute approximate surface area is 99.5 Å². The lowest BCUT2D eigenvalue weighted by Crippen LogP contribution is -2.36. The van der Waals surface area contributed by atoms with E-state index >= 15 is 0 Å². The maximum atomic E-state index is 11.8.